The summed E-state index contributed by atoms with van der Waals surface area (Å²) in [5, 5.41) is 0. The number of carbonyl (C=O) groups excluding carboxylic acids is 1. The number of H-pyrrole nitrogens is 1. The molecule has 0 saturated heterocycles. The first kappa shape index (κ1) is 3.02. The Balaban J connectivity index is 2.93. The number of nitrogens with one attached hydrogen (secondary N) is 1. The van der Waals surface area contributed by atoms with Gasteiger partial charge in [0.1, 0.15) is 1.37 Å². The van der Waals surface area contributed by atoms with Gasteiger partial charge in [0.15, 0.2) is 6.26 Å². The molecule has 0 radical (unpaired) electrons. The maximum Gasteiger partial charge on any atom is 0.151 e. The van der Waals surface area contributed by atoms with Crippen LogP contribution in [0.15, 0.2) is 18.5 Å². The second-order valence-electron chi connectivity index (χ2n) is 1.20. The minimum Gasteiger partial charge on any atom is -0.367 e. The molecule has 0 aliphatic carbocycles. The second-order valence-corrected chi connectivity index (χ2v) is 1.20. The summed E-state index contributed by atoms with van der Waals surface area (Å²) in [5.74, 6) is 0. The van der Waals surface area contributed by atoms with Crippen molar-refractivity contribution in [3.63, 3.8) is 0 Å². The minimum atomic E-state index is -0.647. The fourth-order valence-electron chi connectivity index (χ4n) is 0.387. The van der Waals surface area contributed by atoms with Crippen LogP contribution < -0.4 is 0 Å². The van der Waals surface area contributed by atoms with Crippen molar-refractivity contribution in [2.75, 3.05) is 0 Å². The summed E-state index contributed by atoms with van der Waals surface area (Å²) in [6.45, 7) is 0. The summed E-state index contributed by atoms with van der Waals surface area (Å²) in [6, 6.07) is 1.56. The summed E-state index contributed by atoms with van der Waals surface area (Å²) in [5.41, 5.74) is 0.407. The topological polar surface area (TPSA) is 32.9 Å². The van der Waals surface area contributed by atoms with Gasteiger partial charge in [-0.1, -0.05) is 0 Å². The highest BCUT2D eigenvalue weighted by atomic mass is 16.1. The number of carbonyl (C=O) groups is 1. The molecule has 0 atom stereocenters. The highest BCUT2D eigenvalue weighted by molar-refractivity contribution is 5.73. The van der Waals surface area contributed by atoms with Crippen molar-refractivity contribution < 1.29 is 6.17 Å². The van der Waals surface area contributed by atoms with Gasteiger partial charge < -0.3 is 4.98 Å². The largest absolute Gasteiger partial charge is 0.367 e. The fraction of sp³-hybridized carbons (Fsp3) is 0. The Morgan fingerprint density at radius 1 is 2.00 bits per heavy atom. The first-order valence-corrected chi connectivity index (χ1v) is 1.94. The lowest BCUT2D eigenvalue weighted by Crippen LogP contribution is -1.66. The lowest BCUT2D eigenvalue weighted by atomic mass is 10.4. The van der Waals surface area contributed by atoms with Crippen molar-refractivity contribution in [3.8, 4) is 0 Å². The lowest BCUT2D eigenvalue weighted by Gasteiger charge is -1.66. The Labute approximate surface area is 42.6 Å². The van der Waals surface area contributed by atoms with Crippen molar-refractivity contribution in [3.05, 3.63) is 24.0 Å². The molecule has 0 spiro atoms. The summed E-state index contributed by atoms with van der Waals surface area (Å²) >= 11 is 0. The first-order valence-electron chi connectivity index (χ1n) is 2.44. The van der Waals surface area contributed by atoms with Gasteiger partial charge in [-0.05, 0) is 6.07 Å². The summed E-state index contributed by atoms with van der Waals surface area (Å²) in [6.07, 6.45) is 2.46. The Morgan fingerprint density at radius 2 is 2.86 bits per heavy atom. The molecular formula is C5H5NO. The van der Waals surface area contributed by atoms with Crippen LogP contribution in [0.1, 0.15) is 11.7 Å². The highest BCUT2D eigenvalue weighted by Gasteiger charge is 1.81. The lowest BCUT2D eigenvalue weighted by molar-refractivity contribution is 0.112. The molecule has 36 valence electrons. The maximum atomic E-state index is 10.2. The van der Waals surface area contributed by atoms with E-state index in [2.05, 4.69) is 4.98 Å². The van der Waals surface area contributed by atoms with Crippen molar-refractivity contribution in [1.29, 1.82) is 0 Å². The normalized spacial score (nSPS) is 10.6. The van der Waals surface area contributed by atoms with Crippen molar-refractivity contribution >= 4 is 6.26 Å². The number of hydrogen-bond donors (Lipinski definition) is 1. The minimum absolute atomic E-state index is 0.407. The number of rotatable bonds is 1. The molecule has 0 bridgehead atoms. The molecule has 0 fully saturated rings. The molecular weight excluding hydrogens is 90.1 g/mol. The average Bonchev–Trinajstić information content (AvgIpc) is 2.12. The molecule has 1 aromatic heterocycles. The second kappa shape index (κ2) is 1.60. The van der Waals surface area contributed by atoms with Crippen LogP contribution in [0.5, 0.6) is 0 Å². The van der Waals surface area contributed by atoms with Crippen LogP contribution in [0.2, 0.25) is 0 Å². The molecule has 1 aromatic rings. The molecule has 0 unspecified atom stereocenters. The number of aldehydes is 1. The molecule has 0 aromatic carbocycles. The SMILES string of the molecule is [2H]C(=O)c1cc[nH]c1. The zero-order chi connectivity index (χ0) is 5.98. The predicted molar refractivity (Wildman–Crippen MR) is 26.2 cm³/mol. The van der Waals surface area contributed by atoms with E-state index in [1.807, 2.05) is 0 Å². The average molecular weight is 96.1 g/mol. The highest BCUT2D eigenvalue weighted by Crippen LogP contribution is 1.87. The van der Waals surface area contributed by atoms with Gasteiger partial charge in [-0.3, -0.25) is 4.79 Å². The van der Waals surface area contributed by atoms with Crippen molar-refractivity contribution in [1.82, 2.24) is 4.98 Å². The Morgan fingerprint density at radius 3 is 3.14 bits per heavy atom. The number of aromatic amines is 1. The Hall–Kier alpha value is -1.05. The van der Waals surface area contributed by atoms with Gasteiger partial charge in [0.2, 0.25) is 0 Å². The van der Waals surface area contributed by atoms with E-state index in [9.17, 15) is 4.79 Å². The van der Waals surface area contributed by atoms with Gasteiger partial charge in [0.25, 0.3) is 0 Å². The van der Waals surface area contributed by atoms with E-state index in [-0.39, 0.29) is 0 Å². The van der Waals surface area contributed by atoms with Gasteiger partial charge in [-0.25, -0.2) is 0 Å². The van der Waals surface area contributed by atoms with Crippen LogP contribution in [-0.4, -0.2) is 11.2 Å². The molecule has 1 heterocycles. The first-order chi connectivity index (χ1) is 3.80. The van der Waals surface area contributed by atoms with Gasteiger partial charge in [-0.2, -0.15) is 0 Å². The van der Waals surface area contributed by atoms with E-state index in [1.165, 1.54) is 6.20 Å². The summed E-state index contributed by atoms with van der Waals surface area (Å²) in [7, 11) is 0. The molecule has 1 N–H and O–H groups in total. The molecule has 0 aliphatic rings. The summed E-state index contributed by atoms with van der Waals surface area (Å²) < 4.78 is 6.58. The van der Waals surface area contributed by atoms with Crippen molar-refractivity contribution in [2.45, 2.75) is 0 Å². The monoisotopic (exact) mass is 96.0 g/mol. The fourth-order valence-corrected chi connectivity index (χ4v) is 0.387. The smallest absolute Gasteiger partial charge is 0.151 e. The molecule has 1 rings (SSSR count). The maximum absolute atomic E-state index is 10.2. The van der Waals surface area contributed by atoms with E-state index < -0.39 is 6.26 Å². The van der Waals surface area contributed by atoms with Gasteiger partial charge in [0, 0.05) is 18.0 Å². The molecule has 7 heavy (non-hydrogen) atoms. The molecule has 2 nitrogen and oxygen atoms in total. The van der Waals surface area contributed by atoms with Gasteiger partial charge in [-0.15, -0.1) is 0 Å². The third kappa shape index (κ3) is 0.682. The molecule has 0 amide bonds. The standard InChI is InChI=1S/C5H5NO/c7-4-5-1-2-6-3-5/h1-4,6H/i4D. The van der Waals surface area contributed by atoms with Crippen LogP contribution >= 0.6 is 0 Å². The number of aromatic nitrogens is 1. The predicted octanol–water partition coefficient (Wildman–Crippen LogP) is 0.827. The molecule has 2 heteroatoms. The third-order valence-electron chi connectivity index (χ3n) is 0.716. The quantitative estimate of drug-likeness (QED) is 0.516. The molecule has 0 aliphatic heterocycles. The Bertz CT molecular complexity index is 180. The van der Waals surface area contributed by atoms with E-state index in [1.54, 1.807) is 12.3 Å². The zero-order valence-electron chi connectivity index (χ0n) is 4.64. The Kier molecular flexibility index (Phi) is 0.689. The van der Waals surface area contributed by atoms with E-state index in [0.717, 1.165) is 0 Å². The van der Waals surface area contributed by atoms with Crippen LogP contribution in [-0.2, 0) is 0 Å². The van der Waals surface area contributed by atoms with Crippen LogP contribution in [0.25, 0.3) is 0 Å². The number of hydrogen-bond acceptors (Lipinski definition) is 1. The van der Waals surface area contributed by atoms with E-state index in [4.69, 9.17) is 1.37 Å². The zero-order valence-corrected chi connectivity index (χ0v) is 3.64. The van der Waals surface area contributed by atoms with Crippen LogP contribution in [0, 0.1) is 0 Å². The van der Waals surface area contributed by atoms with E-state index in [0.29, 0.717) is 5.56 Å². The van der Waals surface area contributed by atoms with E-state index >= 15 is 0 Å². The van der Waals surface area contributed by atoms with Crippen molar-refractivity contribution in [2.24, 2.45) is 0 Å². The van der Waals surface area contributed by atoms with Gasteiger partial charge >= 0.3 is 0 Å². The summed E-state index contributed by atoms with van der Waals surface area (Å²) in [4.78, 5) is 12.8. The molecule has 0 saturated carbocycles. The van der Waals surface area contributed by atoms with Crippen LogP contribution in [0.3, 0.4) is 0 Å². The van der Waals surface area contributed by atoms with Crippen LogP contribution in [0.4, 0.5) is 0 Å². The third-order valence-corrected chi connectivity index (χ3v) is 0.716. The van der Waals surface area contributed by atoms with Gasteiger partial charge in [0.05, 0.1) is 0 Å².